The predicted octanol–water partition coefficient (Wildman–Crippen LogP) is 4.24. The molecule has 2 N–H and O–H groups in total. The van der Waals surface area contributed by atoms with Crippen molar-refractivity contribution in [2.45, 2.75) is 6.54 Å². The molecule has 0 heterocycles. The summed E-state index contributed by atoms with van der Waals surface area (Å²) in [5.74, 6) is -0.657. The van der Waals surface area contributed by atoms with Crippen LogP contribution < -0.4 is 14.9 Å². The van der Waals surface area contributed by atoms with E-state index in [2.05, 4.69) is 10.5 Å². The summed E-state index contributed by atoms with van der Waals surface area (Å²) in [6.45, 7) is -0.177. The maximum absolute atomic E-state index is 10.6. The second-order valence-electron chi connectivity index (χ2n) is 5.01. The van der Waals surface area contributed by atoms with Gasteiger partial charge in [0, 0.05) is 15.6 Å². The number of carbonyl (C=O) groups is 1. The molecule has 0 saturated heterocycles. The van der Waals surface area contributed by atoms with Crippen molar-refractivity contribution >= 4 is 47.0 Å². The zero-order chi connectivity index (χ0) is 19.1. The van der Waals surface area contributed by atoms with Gasteiger partial charge >= 0.3 is 5.97 Å². The number of nitrogens with one attached hydrogen (secondary N) is 1. The zero-order valence-corrected chi connectivity index (χ0v) is 15.9. The molecule has 0 saturated carbocycles. The molecule has 0 aliphatic heterocycles. The molecule has 0 spiro atoms. The number of rotatable bonds is 8. The highest BCUT2D eigenvalue weighted by molar-refractivity contribution is 6.36. The largest absolute Gasteiger partial charge is 0.493 e. The van der Waals surface area contributed by atoms with Crippen molar-refractivity contribution in [3.63, 3.8) is 0 Å². The Balaban J connectivity index is 2.08. The standard InChI is InChI=1S/C17H15Cl3N2O4/c1-25-15-6-10(5-14(20)17(15)26-9-16(23)24)7-21-22-8-11-12(18)3-2-4-13(11)19/h2-7,22H,8-9H2,1H3,(H,23,24)/b21-7+. The van der Waals surface area contributed by atoms with Crippen LogP contribution >= 0.6 is 34.8 Å². The van der Waals surface area contributed by atoms with Crippen LogP contribution in [0, 0.1) is 0 Å². The van der Waals surface area contributed by atoms with Gasteiger partial charge in [-0.3, -0.25) is 0 Å². The van der Waals surface area contributed by atoms with Gasteiger partial charge in [0.15, 0.2) is 18.1 Å². The maximum atomic E-state index is 10.6. The van der Waals surface area contributed by atoms with Gasteiger partial charge in [-0.05, 0) is 29.8 Å². The Morgan fingerprint density at radius 3 is 2.54 bits per heavy atom. The lowest BCUT2D eigenvalue weighted by molar-refractivity contribution is -0.139. The van der Waals surface area contributed by atoms with Gasteiger partial charge in [-0.2, -0.15) is 5.10 Å². The molecule has 6 nitrogen and oxygen atoms in total. The summed E-state index contributed by atoms with van der Waals surface area (Å²) >= 11 is 18.3. The van der Waals surface area contributed by atoms with E-state index in [-0.39, 0.29) is 10.8 Å². The lowest BCUT2D eigenvalue weighted by Gasteiger charge is -2.11. The number of methoxy groups -OCH3 is 1. The van der Waals surface area contributed by atoms with Gasteiger partial charge in [-0.1, -0.05) is 40.9 Å². The third-order valence-electron chi connectivity index (χ3n) is 3.21. The topological polar surface area (TPSA) is 80.1 Å². The van der Waals surface area contributed by atoms with Gasteiger partial charge in [0.1, 0.15) is 0 Å². The van der Waals surface area contributed by atoms with Gasteiger partial charge in [-0.25, -0.2) is 4.79 Å². The monoisotopic (exact) mass is 416 g/mol. The summed E-state index contributed by atoms with van der Waals surface area (Å²) < 4.78 is 10.3. The van der Waals surface area contributed by atoms with E-state index in [4.69, 9.17) is 49.4 Å². The highest BCUT2D eigenvalue weighted by atomic mass is 35.5. The predicted molar refractivity (Wildman–Crippen MR) is 102 cm³/mol. The Bertz CT molecular complexity index is 808. The second kappa shape index (κ2) is 9.52. The van der Waals surface area contributed by atoms with Crippen molar-refractivity contribution in [1.82, 2.24) is 5.43 Å². The Labute approximate surface area is 165 Å². The molecule has 2 rings (SSSR count). The SMILES string of the molecule is COc1cc(/C=N/NCc2c(Cl)cccc2Cl)cc(Cl)c1OCC(=O)O. The highest BCUT2D eigenvalue weighted by Gasteiger charge is 2.13. The fourth-order valence-corrected chi connectivity index (χ4v) is 2.84. The molecule has 0 bridgehead atoms. The van der Waals surface area contributed by atoms with E-state index >= 15 is 0 Å². The summed E-state index contributed by atoms with van der Waals surface area (Å²) in [4.78, 5) is 10.6. The number of carboxylic acid groups (broad SMARTS) is 1. The van der Waals surface area contributed by atoms with E-state index in [0.29, 0.717) is 27.9 Å². The minimum absolute atomic E-state index is 0.157. The van der Waals surface area contributed by atoms with Crippen LogP contribution in [0.15, 0.2) is 35.4 Å². The molecule has 0 radical (unpaired) electrons. The Morgan fingerprint density at radius 2 is 1.92 bits per heavy atom. The van der Waals surface area contributed by atoms with Crippen LogP contribution in [-0.4, -0.2) is 31.0 Å². The molecule has 0 aliphatic rings. The summed E-state index contributed by atoms with van der Waals surface area (Å²) in [7, 11) is 1.43. The molecule has 0 aliphatic carbocycles. The van der Waals surface area contributed by atoms with E-state index in [1.54, 1.807) is 30.3 Å². The molecule has 2 aromatic carbocycles. The molecule has 0 amide bonds. The molecule has 0 aromatic heterocycles. The van der Waals surface area contributed by atoms with Crippen LogP contribution in [0.25, 0.3) is 0 Å². The molecule has 0 atom stereocenters. The summed E-state index contributed by atoms with van der Waals surface area (Å²) in [5, 5.41) is 14.1. The first-order chi connectivity index (χ1) is 12.4. The first-order valence-corrected chi connectivity index (χ1v) is 8.46. The number of nitrogens with zero attached hydrogens (tertiary/aromatic N) is 1. The molecule has 0 fully saturated rings. The van der Waals surface area contributed by atoms with Crippen molar-refractivity contribution < 1.29 is 19.4 Å². The van der Waals surface area contributed by atoms with Crippen molar-refractivity contribution in [3.8, 4) is 11.5 Å². The third-order valence-corrected chi connectivity index (χ3v) is 4.20. The number of hydrazone groups is 1. The fourth-order valence-electron chi connectivity index (χ4n) is 2.03. The van der Waals surface area contributed by atoms with Crippen LogP contribution in [0.1, 0.15) is 11.1 Å². The van der Waals surface area contributed by atoms with Crippen LogP contribution in [0.4, 0.5) is 0 Å². The van der Waals surface area contributed by atoms with Gasteiger partial charge in [0.2, 0.25) is 0 Å². The number of benzene rings is 2. The fraction of sp³-hybridized carbons (Fsp3) is 0.176. The minimum Gasteiger partial charge on any atom is -0.493 e. The number of hydrogen-bond acceptors (Lipinski definition) is 5. The molecule has 0 unspecified atom stereocenters. The van der Waals surface area contributed by atoms with Crippen LogP contribution in [0.3, 0.4) is 0 Å². The first-order valence-electron chi connectivity index (χ1n) is 7.33. The van der Waals surface area contributed by atoms with E-state index in [1.165, 1.54) is 13.3 Å². The van der Waals surface area contributed by atoms with Crippen molar-refractivity contribution in [3.05, 3.63) is 56.5 Å². The number of carboxylic acids is 1. The number of aliphatic carboxylic acids is 1. The Hall–Kier alpha value is -2.15. The van der Waals surface area contributed by atoms with Crippen LogP contribution in [-0.2, 0) is 11.3 Å². The smallest absolute Gasteiger partial charge is 0.341 e. The molecule has 2 aromatic rings. The first kappa shape index (κ1) is 20.2. The quantitative estimate of drug-likeness (QED) is 0.496. The normalized spacial score (nSPS) is 10.8. The third kappa shape index (κ3) is 5.42. The van der Waals surface area contributed by atoms with Crippen molar-refractivity contribution in [1.29, 1.82) is 0 Å². The Kier molecular flexibility index (Phi) is 7.38. The Morgan fingerprint density at radius 1 is 1.23 bits per heavy atom. The van der Waals surface area contributed by atoms with Gasteiger partial charge in [-0.15, -0.1) is 0 Å². The number of ether oxygens (including phenoxy) is 2. The molecular formula is C17H15Cl3N2O4. The lowest BCUT2D eigenvalue weighted by atomic mass is 10.2. The summed E-state index contributed by atoms with van der Waals surface area (Å²) in [6, 6.07) is 8.45. The maximum Gasteiger partial charge on any atom is 0.341 e. The molecule has 138 valence electrons. The van der Waals surface area contributed by atoms with E-state index in [0.717, 1.165) is 5.56 Å². The highest BCUT2D eigenvalue weighted by Crippen LogP contribution is 2.36. The van der Waals surface area contributed by atoms with Crippen molar-refractivity contribution in [2.24, 2.45) is 5.10 Å². The van der Waals surface area contributed by atoms with Crippen LogP contribution in [0.5, 0.6) is 11.5 Å². The molecule has 26 heavy (non-hydrogen) atoms. The number of halogens is 3. The van der Waals surface area contributed by atoms with E-state index in [1.807, 2.05) is 0 Å². The second-order valence-corrected chi connectivity index (χ2v) is 6.23. The van der Waals surface area contributed by atoms with E-state index in [9.17, 15) is 4.79 Å². The van der Waals surface area contributed by atoms with E-state index < -0.39 is 12.6 Å². The van der Waals surface area contributed by atoms with Crippen molar-refractivity contribution in [2.75, 3.05) is 13.7 Å². The molecular weight excluding hydrogens is 403 g/mol. The average molecular weight is 418 g/mol. The van der Waals surface area contributed by atoms with Gasteiger partial charge < -0.3 is 20.0 Å². The molecule has 9 heteroatoms. The lowest BCUT2D eigenvalue weighted by Crippen LogP contribution is -2.10. The summed E-state index contributed by atoms with van der Waals surface area (Å²) in [5.41, 5.74) is 4.22. The van der Waals surface area contributed by atoms with Crippen LogP contribution in [0.2, 0.25) is 15.1 Å². The zero-order valence-electron chi connectivity index (χ0n) is 13.6. The van der Waals surface area contributed by atoms with Gasteiger partial charge in [0.25, 0.3) is 0 Å². The van der Waals surface area contributed by atoms with Gasteiger partial charge in [0.05, 0.1) is 24.9 Å². The average Bonchev–Trinajstić information content (AvgIpc) is 2.59. The number of hydrogen-bond donors (Lipinski definition) is 2. The minimum atomic E-state index is -1.11. The summed E-state index contributed by atoms with van der Waals surface area (Å²) in [6.07, 6.45) is 1.53.